The zero-order valence-corrected chi connectivity index (χ0v) is 12.8. The molecule has 118 valence electrons. The van der Waals surface area contributed by atoms with Crippen molar-refractivity contribution < 1.29 is 4.39 Å². The van der Waals surface area contributed by atoms with Gasteiger partial charge >= 0.3 is 0 Å². The van der Waals surface area contributed by atoms with Crippen molar-refractivity contribution in [3.63, 3.8) is 0 Å². The van der Waals surface area contributed by atoms with E-state index in [2.05, 4.69) is 21.0 Å². The lowest BCUT2D eigenvalue weighted by molar-refractivity contribution is 0.161. The molecule has 0 aliphatic carbocycles. The Bertz CT molecular complexity index is 745. The summed E-state index contributed by atoms with van der Waals surface area (Å²) in [5, 5.41) is 13.3. The van der Waals surface area contributed by atoms with Gasteiger partial charge in [-0.15, -0.1) is 0 Å². The maximum absolute atomic E-state index is 13.1. The molecule has 0 spiro atoms. The molecule has 0 N–H and O–H groups in total. The van der Waals surface area contributed by atoms with Crippen LogP contribution in [0.25, 0.3) is 0 Å². The summed E-state index contributed by atoms with van der Waals surface area (Å²) in [4.78, 5) is 4.79. The molecule has 2 aliphatic heterocycles. The molecule has 4 rings (SSSR count). The number of rotatable bonds is 2. The van der Waals surface area contributed by atoms with Crippen molar-refractivity contribution in [2.45, 2.75) is 25.6 Å². The van der Waals surface area contributed by atoms with E-state index in [1.165, 1.54) is 12.1 Å². The third kappa shape index (κ3) is 2.68. The second kappa shape index (κ2) is 5.67. The van der Waals surface area contributed by atoms with E-state index in [9.17, 15) is 4.39 Å². The van der Waals surface area contributed by atoms with Crippen LogP contribution in [0.5, 0.6) is 0 Å². The lowest BCUT2D eigenvalue weighted by Gasteiger charge is -2.32. The molecule has 0 saturated carbocycles. The summed E-state index contributed by atoms with van der Waals surface area (Å²) in [7, 11) is 0. The first-order chi connectivity index (χ1) is 11.2. The molecular weight excluding hydrogens is 293 g/mol. The monoisotopic (exact) mass is 311 g/mol. The standard InChI is InChI=1S/C17H18FN5/c18-13-1-3-15(4-2-13)21-6-5-16(11-21)22-7-8-23-17(12-22)9-14(10-19)20-23/h1-4,9,16H,5-8,11-12H2/t16-/m1/s1. The molecule has 0 unspecified atom stereocenters. The van der Waals surface area contributed by atoms with Gasteiger partial charge in [0.2, 0.25) is 0 Å². The van der Waals surface area contributed by atoms with Gasteiger partial charge in [0.1, 0.15) is 11.9 Å². The quantitative estimate of drug-likeness (QED) is 0.851. The van der Waals surface area contributed by atoms with Crippen LogP contribution in [0.15, 0.2) is 30.3 Å². The fraction of sp³-hybridized carbons (Fsp3) is 0.412. The average molecular weight is 311 g/mol. The fourth-order valence-electron chi connectivity index (χ4n) is 3.58. The Morgan fingerprint density at radius 2 is 2.00 bits per heavy atom. The van der Waals surface area contributed by atoms with Gasteiger partial charge in [-0.25, -0.2) is 4.39 Å². The number of hydrogen-bond acceptors (Lipinski definition) is 4. The Hall–Kier alpha value is -2.39. The molecule has 1 saturated heterocycles. The predicted octanol–water partition coefficient (Wildman–Crippen LogP) is 1.99. The van der Waals surface area contributed by atoms with Crippen LogP contribution in [-0.2, 0) is 13.1 Å². The van der Waals surface area contributed by atoms with Crippen LogP contribution in [0.3, 0.4) is 0 Å². The number of nitrogens with zero attached hydrogens (tertiary/aromatic N) is 5. The fourth-order valence-corrected chi connectivity index (χ4v) is 3.58. The molecule has 1 atom stereocenters. The number of aromatic nitrogens is 2. The van der Waals surface area contributed by atoms with E-state index in [0.29, 0.717) is 11.7 Å². The molecule has 0 radical (unpaired) electrons. The van der Waals surface area contributed by atoms with Crippen molar-refractivity contribution in [3.05, 3.63) is 47.5 Å². The van der Waals surface area contributed by atoms with Crippen molar-refractivity contribution >= 4 is 5.69 Å². The van der Waals surface area contributed by atoms with Gasteiger partial charge in [0, 0.05) is 37.9 Å². The Morgan fingerprint density at radius 3 is 2.78 bits per heavy atom. The van der Waals surface area contributed by atoms with Crippen molar-refractivity contribution in [1.29, 1.82) is 5.26 Å². The van der Waals surface area contributed by atoms with Crippen molar-refractivity contribution in [2.75, 3.05) is 24.5 Å². The molecule has 23 heavy (non-hydrogen) atoms. The molecule has 6 heteroatoms. The van der Waals surface area contributed by atoms with Gasteiger partial charge in [-0.05, 0) is 36.8 Å². The van der Waals surface area contributed by atoms with E-state index < -0.39 is 0 Å². The summed E-state index contributed by atoms with van der Waals surface area (Å²) in [5.74, 6) is -0.193. The second-order valence-corrected chi connectivity index (χ2v) is 6.19. The minimum absolute atomic E-state index is 0.193. The summed E-state index contributed by atoms with van der Waals surface area (Å²) < 4.78 is 15.0. The molecular formula is C17H18FN5. The zero-order chi connectivity index (χ0) is 15.8. The van der Waals surface area contributed by atoms with Crippen LogP contribution < -0.4 is 4.90 Å². The number of halogens is 1. The average Bonchev–Trinajstić information content (AvgIpc) is 3.21. The summed E-state index contributed by atoms with van der Waals surface area (Å²) in [6.07, 6.45) is 1.11. The van der Waals surface area contributed by atoms with Crippen LogP contribution >= 0.6 is 0 Å². The van der Waals surface area contributed by atoms with E-state index in [-0.39, 0.29) is 5.82 Å². The smallest absolute Gasteiger partial charge is 0.162 e. The summed E-state index contributed by atoms with van der Waals surface area (Å²) in [6.45, 7) is 4.60. The summed E-state index contributed by atoms with van der Waals surface area (Å²) >= 11 is 0. The van der Waals surface area contributed by atoms with E-state index in [1.807, 2.05) is 22.9 Å². The van der Waals surface area contributed by atoms with E-state index in [0.717, 1.165) is 50.5 Å². The van der Waals surface area contributed by atoms with Crippen molar-refractivity contribution in [1.82, 2.24) is 14.7 Å². The van der Waals surface area contributed by atoms with E-state index >= 15 is 0 Å². The van der Waals surface area contributed by atoms with Gasteiger partial charge < -0.3 is 4.90 Å². The molecule has 1 fully saturated rings. The number of hydrogen-bond donors (Lipinski definition) is 0. The van der Waals surface area contributed by atoms with Gasteiger partial charge in [0.25, 0.3) is 0 Å². The predicted molar refractivity (Wildman–Crippen MR) is 84.4 cm³/mol. The third-order valence-electron chi connectivity index (χ3n) is 4.81. The number of benzene rings is 1. The van der Waals surface area contributed by atoms with Gasteiger partial charge in [0.05, 0.1) is 12.2 Å². The minimum atomic E-state index is -0.193. The highest BCUT2D eigenvalue weighted by Crippen LogP contribution is 2.25. The Labute approximate surface area is 134 Å². The highest BCUT2D eigenvalue weighted by atomic mass is 19.1. The zero-order valence-electron chi connectivity index (χ0n) is 12.8. The highest BCUT2D eigenvalue weighted by molar-refractivity contribution is 5.47. The number of anilines is 1. The van der Waals surface area contributed by atoms with Crippen molar-refractivity contribution in [3.8, 4) is 6.07 Å². The van der Waals surface area contributed by atoms with Gasteiger partial charge in [-0.1, -0.05) is 0 Å². The molecule has 0 bridgehead atoms. The SMILES string of the molecule is N#Cc1cc2n(n1)CCN([C@@H]1CCN(c3ccc(F)cc3)C1)C2. The van der Waals surface area contributed by atoms with Crippen LogP contribution in [0, 0.1) is 17.1 Å². The van der Waals surface area contributed by atoms with E-state index in [1.54, 1.807) is 0 Å². The molecule has 1 aromatic carbocycles. The third-order valence-corrected chi connectivity index (χ3v) is 4.81. The topological polar surface area (TPSA) is 48.1 Å². The van der Waals surface area contributed by atoms with Crippen LogP contribution in [0.4, 0.5) is 10.1 Å². The second-order valence-electron chi connectivity index (χ2n) is 6.19. The normalized spacial score (nSPS) is 21.2. The van der Waals surface area contributed by atoms with Crippen LogP contribution in [0.2, 0.25) is 0 Å². The summed E-state index contributed by atoms with van der Waals surface area (Å²) in [5.41, 5.74) is 2.71. The maximum Gasteiger partial charge on any atom is 0.162 e. The van der Waals surface area contributed by atoms with Crippen molar-refractivity contribution in [2.24, 2.45) is 0 Å². The molecule has 3 heterocycles. The Kier molecular flexibility index (Phi) is 3.50. The Morgan fingerprint density at radius 1 is 1.17 bits per heavy atom. The van der Waals surface area contributed by atoms with Gasteiger partial charge in [-0.3, -0.25) is 9.58 Å². The van der Waals surface area contributed by atoms with Gasteiger partial charge in [-0.2, -0.15) is 10.4 Å². The number of fused-ring (bicyclic) bond motifs is 1. The molecule has 2 aliphatic rings. The Balaban J connectivity index is 1.44. The molecule has 5 nitrogen and oxygen atoms in total. The molecule has 0 amide bonds. The lowest BCUT2D eigenvalue weighted by atomic mass is 10.2. The minimum Gasteiger partial charge on any atom is -0.370 e. The highest BCUT2D eigenvalue weighted by Gasteiger charge is 2.30. The number of nitriles is 1. The van der Waals surface area contributed by atoms with Gasteiger partial charge in [0.15, 0.2) is 5.69 Å². The molecule has 1 aromatic heterocycles. The first-order valence-corrected chi connectivity index (χ1v) is 7.94. The van der Waals surface area contributed by atoms with Crippen LogP contribution in [0.1, 0.15) is 17.8 Å². The van der Waals surface area contributed by atoms with Crippen LogP contribution in [-0.4, -0.2) is 40.4 Å². The first kappa shape index (κ1) is 14.2. The van der Waals surface area contributed by atoms with E-state index in [4.69, 9.17) is 5.26 Å². The lowest BCUT2D eigenvalue weighted by Crippen LogP contribution is -2.42. The molecule has 2 aromatic rings. The summed E-state index contributed by atoms with van der Waals surface area (Å²) in [6, 6.07) is 11.2. The largest absolute Gasteiger partial charge is 0.370 e. The first-order valence-electron chi connectivity index (χ1n) is 7.94. The maximum atomic E-state index is 13.1.